The van der Waals surface area contributed by atoms with Crippen LogP contribution >= 0.6 is 0 Å². The summed E-state index contributed by atoms with van der Waals surface area (Å²) >= 11 is 0. The van der Waals surface area contributed by atoms with E-state index in [4.69, 9.17) is 4.74 Å². The zero-order valence-corrected chi connectivity index (χ0v) is 16.2. The van der Waals surface area contributed by atoms with Gasteiger partial charge in [0.1, 0.15) is 0 Å². The van der Waals surface area contributed by atoms with Gasteiger partial charge < -0.3 is 4.74 Å². The molecule has 0 spiro atoms. The van der Waals surface area contributed by atoms with Crippen LogP contribution in [0.3, 0.4) is 0 Å². The van der Waals surface area contributed by atoms with E-state index in [-0.39, 0.29) is 12.2 Å². The third-order valence-corrected chi connectivity index (χ3v) is 6.79. The van der Waals surface area contributed by atoms with E-state index in [1.807, 2.05) is 0 Å². The Kier molecular flexibility index (Phi) is 5.41. The topological polar surface area (TPSA) is 89.8 Å². The molecule has 2 aromatic carbocycles. The molecule has 29 heavy (non-hydrogen) atoms. The molecule has 2 aromatic rings. The minimum atomic E-state index is -4.55. The van der Waals surface area contributed by atoms with Crippen molar-refractivity contribution < 1.29 is 31.2 Å². The van der Waals surface area contributed by atoms with Crippen LogP contribution in [0.1, 0.15) is 35.8 Å². The van der Waals surface area contributed by atoms with Crippen LogP contribution < -0.4 is 0 Å². The number of nitrogens with zero attached hydrogens (tertiary/aromatic N) is 2. The number of sulfonamides is 1. The van der Waals surface area contributed by atoms with Crippen LogP contribution in [0, 0.1) is 10.1 Å². The first-order valence-electron chi connectivity index (χ1n) is 8.48. The second kappa shape index (κ2) is 7.39. The van der Waals surface area contributed by atoms with Crippen molar-refractivity contribution in [3.8, 4) is 0 Å². The van der Waals surface area contributed by atoms with Crippen LogP contribution in [-0.4, -0.2) is 31.3 Å². The van der Waals surface area contributed by atoms with Crippen molar-refractivity contribution in [3.63, 3.8) is 0 Å². The van der Waals surface area contributed by atoms with Crippen molar-refractivity contribution in [3.05, 3.63) is 69.3 Å². The lowest BCUT2D eigenvalue weighted by molar-refractivity contribution is -0.387. The van der Waals surface area contributed by atoms with Crippen LogP contribution in [0.15, 0.2) is 47.4 Å². The van der Waals surface area contributed by atoms with Crippen molar-refractivity contribution in [1.82, 2.24) is 4.31 Å². The van der Waals surface area contributed by atoms with Crippen LogP contribution in [0.2, 0.25) is 0 Å². The van der Waals surface area contributed by atoms with Crippen LogP contribution in [0.25, 0.3) is 0 Å². The standard InChI is InChI=1S/C18H17F3N2O5S/c1-11-14-9-12(18(19,20)21)7-8-13(14)16(10-28-11)22(2)29(26,27)17-6-4-3-5-15(17)23(24)25/h3-9,11,16H,10H2,1-2H3/t11-,16-/m1/s1. The smallest absolute Gasteiger partial charge is 0.372 e. The van der Waals surface area contributed by atoms with E-state index in [9.17, 15) is 31.7 Å². The largest absolute Gasteiger partial charge is 0.416 e. The Bertz CT molecular complexity index is 1060. The molecule has 11 heteroatoms. The predicted octanol–water partition coefficient (Wildman–Crippen LogP) is 4.07. The fourth-order valence-corrected chi connectivity index (χ4v) is 4.75. The summed E-state index contributed by atoms with van der Waals surface area (Å²) in [4.78, 5) is 9.93. The molecular weight excluding hydrogens is 413 g/mol. The highest BCUT2D eigenvalue weighted by Crippen LogP contribution is 2.41. The van der Waals surface area contributed by atoms with Gasteiger partial charge in [-0.3, -0.25) is 10.1 Å². The molecule has 1 aliphatic heterocycles. The van der Waals surface area contributed by atoms with Gasteiger partial charge >= 0.3 is 6.18 Å². The van der Waals surface area contributed by atoms with Gasteiger partial charge in [0.2, 0.25) is 10.0 Å². The first kappa shape index (κ1) is 21.2. The third-order valence-electron chi connectivity index (χ3n) is 4.87. The molecule has 1 aliphatic rings. The van der Waals surface area contributed by atoms with E-state index >= 15 is 0 Å². The number of nitro groups is 1. The Balaban J connectivity index is 2.07. The average molecular weight is 430 g/mol. The maximum absolute atomic E-state index is 13.1. The number of hydrogen-bond acceptors (Lipinski definition) is 5. The molecule has 0 aliphatic carbocycles. The molecule has 0 radical (unpaired) electrons. The first-order chi connectivity index (χ1) is 13.4. The lowest BCUT2D eigenvalue weighted by Gasteiger charge is -2.35. The maximum Gasteiger partial charge on any atom is 0.416 e. The molecule has 0 amide bonds. The molecule has 156 valence electrons. The van der Waals surface area contributed by atoms with E-state index in [0.29, 0.717) is 5.56 Å². The highest BCUT2D eigenvalue weighted by molar-refractivity contribution is 7.89. The van der Waals surface area contributed by atoms with E-state index in [0.717, 1.165) is 28.6 Å². The average Bonchev–Trinajstić information content (AvgIpc) is 2.67. The highest BCUT2D eigenvalue weighted by Gasteiger charge is 2.39. The molecule has 0 unspecified atom stereocenters. The SMILES string of the molecule is C[C@H]1OC[C@@H](N(C)S(=O)(=O)c2ccccc2[N+](=O)[O-])c2ccc(C(F)(F)F)cc21. The normalized spacial score (nSPS) is 19.8. The van der Waals surface area contributed by atoms with Gasteiger partial charge in [0.25, 0.3) is 5.69 Å². The number of rotatable bonds is 4. The van der Waals surface area contributed by atoms with Gasteiger partial charge in [0, 0.05) is 13.1 Å². The molecule has 0 aromatic heterocycles. The van der Waals surface area contributed by atoms with Crippen molar-refractivity contribution in [1.29, 1.82) is 0 Å². The number of benzene rings is 2. The molecule has 0 fully saturated rings. The molecule has 0 N–H and O–H groups in total. The summed E-state index contributed by atoms with van der Waals surface area (Å²) in [6.07, 6.45) is -5.21. The molecule has 0 saturated heterocycles. The van der Waals surface area contributed by atoms with E-state index in [2.05, 4.69) is 0 Å². The predicted molar refractivity (Wildman–Crippen MR) is 96.6 cm³/mol. The molecule has 0 bridgehead atoms. The summed E-state index contributed by atoms with van der Waals surface area (Å²) in [5.74, 6) is 0. The number of para-hydroxylation sites is 1. The Hall–Kier alpha value is -2.50. The van der Waals surface area contributed by atoms with Gasteiger partial charge in [-0.25, -0.2) is 8.42 Å². The van der Waals surface area contributed by atoms with Crippen LogP contribution in [0.5, 0.6) is 0 Å². The molecule has 1 heterocycles. The molecule has 2 atom stereocenters. The fourth-order valence-electron chi connectivity index (χ4n) is 3.27. The monoisotopic (exact) mass is 430 g/mol. The lowest BCUT2D eigenvalue weighted by Crippen LogP contribution is -2.37. The minimum Gasteiger partial charge on any atom is -0.372 e. The summed E-state index contributed by atoms with van der Waals surface area (Å²) in [6.45, 7) is 1.47. The van der Waals surface area contributed by atoms with Crippen LogP contribution in [-0.2, 0) is 20.9 Å². The van der Waals surface area contributed by atoms with E-state index in [1.54, 1.807) is 6.92 Å². The van der Waals surface area contributed by atoms with Crippen LogP contribution in [0.4, 0.5) is 18.9 Å². The van der Waals surface area contributed by atoms with Gasteiger partial charge in [-0.1, -0.05) is 18.2 Å². The van der Waals surface area contributed by atoms with Crippen molar-refractivity contribution in [2.45, 2.75) is 30.1 Å². The quantitative estimate of drug-likeness (QED) is 0.539. The number of hydrogen-bond donors (Lipinski definition) is 0. The van der Waals surface area contributed by atoms with Crippen molar-refractivity contribution in [2.24, 2.45) is 0 Å². The van der Waals surface area contributed by atoms with Gasteiger partial charge in [0.15, 0.2) is 4.90 Å². The van der Waals surface area contributed by atoms with Crippen molar-refractivity contribution in [2.75, 3.05) is 13.7 Å². The molecule has 0 saturated carbocycles. The number of likely N-dealkylation sites (N-methyl/N-ethyl adjacent to an activating group) is 1. The number of ether oxygens (including phenoxy) is 1. The summed E-state index contributed by atoms with van der Waals surface area (Å²) in [5.41, 5.74) is -0.865. The Morgan fingerprint density at radius 2 is 1.83 bits per heavy atom. The number of alkyl halides is 3. The van der Waals surface area contributed by atoms with Gasteiger partial charge in [-0.05, 0) is 36.2 Å². The first-order valence-corrected chi connectivity index (χ1v) is 9.92. The van der Waals surface area contributed by atoms with Gasteiger partial charge in [0.05, 0.1) is 29.2 Å². The molecule has 3 rings (SSSR count). The molecular formula is C18H17F3N2O5S. The second-order valence-corrected chi connectivity index (χ2v) is 8.54. The lowest BCUT2D eigenvalue weighted by atomic mass is 9.93. The highest BCUT2D eigenvalue weighted by atomic mass is 32.2. The fraction of sp³-hybridized carbons (Fsp3) is 0.333. The zero-order valence-electron chi connectivity index (χ0n) is 15.4. The summed E-state index contributed by atoms with van der Waals surface area (Å²) in [6, 6.07) is 7.01. The van der Waals surface area contributed by atoms with Gasteiger partial charge in [-0.15, -0.1) is 0 Å². The van der Waals surface area contributed by atoms with E-state index < -0.39 is 49.4 Å². The number of fused-ring (bicyclic) bond motifs is 1. The van der Waals surface area contributed by atoms with Crippen molar-refractivity contribution >= 4 is 15.7 Å². The minimum absolute atomic E-state index is 0.101. The number of halogens is 3. The Morgan fingerprint density at radius 1 is 1.17 bits per heavy atom. The van der Waals surface area contributed by atoms with Gasteiger partial charge in [-0.2, -0.15) is 17.5 Å². The molecule has 7 nitrogen and oxygen atoms in total. The third kappa shape index (κ3) is 3.85. The van der Waals surface area contributed by atoms with E-state index in [1.165, 1.54) is 25.2 Å². The zero-order chi connectivity index (χ0) is 21.6. The second-order valence-electron chi connectivity index (χ2n) is 6.58. The Morgan fingerprint density at radius 3 is 2.45 bits per heavy atom. The Labute approximate surface area is 164 Å². The summed E-state index contributed by atoms with van der Waals surface area (Å²) in [5, 5.41) is 11.2. The number of nitro benzene ring substituents is 1. The summed E-state index contributed by atoms with van der Waals surface area (Å²) in [7, 11) is -3.10. The summed E-state index contributed by atoms with van der Waals surface area (Å²) < 4.78 is 71.7. The maximum atomic E-state index is 13.1.